The van der Waals surface area contributed by atoms with Gasteiger partial charge in [0.25, 0.3) is 0 Å². The molecule has 3 rings (SSSR count). The first-order valence-corrected chi connectivity index (χ1v) is 10.6. The van der Waals surface area contributed by atoms with E-state index in [9.17, 15) is 13.2 Å². The van der Waals surface area contributed by atoms with Crippen molar-refractivity contribution >= 4 is 22.1 Å². The molecular formula is C21H23NO5S. The van der Waals surface area contributed by atoms with Crippen molar-refractivity contribution < 1.29 is 22.7 Å². The highest BCUT2D eigenvalue weighted by Gasteiger charge is 2.20. The highest BCUT2D eigenvalue weighted by Crippen LogP contribution is 2.14. The number of carbonyl (C=O) groups is 1. The highest BCUT2D eigenvalue weighted by molar-refractivity contribution is 7.89. The lowest BCUT2D eigenvalue weighted by atomic mass is 10.2. The van der Waals surface area contributed by atoms with Crippen molar-refractivity contribution in [2.45, 2.75) is 23.8 Å². The third-order valence-corrected chi connectivity index (χ3v) is 5.79. The van der Waals surface area contributed by atoms with Gasteiger partial charge in [0.2, 0.25) is 10.0 Å². The Balaban J connectivity index is 1.51. The molecule has 0 aromatic heterocycles. The maximum absolute atomic E-state index is 12.3. The summed E-state index contributed by atoms with van der Waals surface area (Å²) in [4.78, 5) is 12.2. The molecule has 28 heavy (non-hydrogen) atoms. The third kappa shape index (κ3) is 5.76. The zero-order chi connectivity index (χ0) is 19.8. The lowest BCUT2D eigenvalue weighted by Gasteiger charge is -2.11. The van der Waals surface area contributed by atoms with Crippen LogP contribution in [0.2, 0.25) is 0 Å². The smallest absolute Gasteiger partial charge is 0.338 e. The van der Waals surface area contributed by atoms with Gasteiger partial charge in [-0.2, -0.15) is 0 Å². The number of esters is 1. The number of hydrogen-bond acceptors (Lipinski definition) is 5. The molecule has 7 heteroatoms. The molecule has 0 aliphatic carbocycles. The molecule has 1 fully saturated rings. The molecular weight excluding hydrogens is 378 g/mol. The van der Waals surface area contributed by atoms with Gasteiger partial charge < -0.3 is 9.47 Å². The van der Waals surface area contributed by atoms with E-state index in [1.54, 1.807) is 6.08 Å². The Bertz CT molecular complexity index is 902. The first kappa shape index (κ1) is 20.3. The monoisotopic (exact) mass is 401 g/mol. The van der Waals surface area contributed by atoms with Crippen LogP contribution in [0.15, 0.2) is 65.6 Å². The molecule has 0 spiro atoms. The van der Waals surface area contributed by atoms with Crippen molar-refractivity contribution in [3.05, 3.63) is 71.8 Å². The number of ether oxygens (including phenoxy) is 2. The van der Waals surface area contributed by atoms with Gasteiger partial charge >= 0.3 is 5.97 Å². The van der Waals surface area contributed by atoms with Crippen LogP contribution in [0.1, 0.15) is 28.8 Å². The van der Waals surface area contributed by atoms with E-state index >= 15 is 0 Å². The number of hydrogen-bond donors (Lipinski definition) is 1. The minimum absolute atomic E-state index is 0.0760. The quantitative estimate of drug-likeness (QED) is 0.688. The Morgan fingerprint density at radius 2 is 1.89 bits per heavy atom. The molecule has 2 aromatic rings. The van der Waals surface area contributed by atoms with Gasteiger partial charge in [-0.25, -0.2) is 17.9 Å². The summed E-state index contributed by atoms with van der Waals surface area (Å²) in [5.74, 6) is -0.506. The summed E-state index contributed by atoms with van der Waals surface area (Å²) < 4.78 is 37.8. The van der Waals surface area contributed by atoms with Gasteiger partial charge in [0.05, 0.1) is 16.6 Å². The summed E-state index contributed by atoms with van der Waals surface area (Å²) in [6.07, 6.45) is 5.34. The van der Waals surface area contributed by atoms with Crippen LogP contribution in [-0.2, 0) is 19.5 Å². The molecule has 1 heterocycles. The summed E-state index contributed by atoms with van der Waals surface area (Å²) in [7, 11) is -3.64. The van der Waals surface area contributed by atoms with Gasteiger partial charge in [0.15, 0.2) is 0 Å². The molecule has 1 unspecified atom stereocenters. The van der Waals surface area contributed by atoms with Crippen LogP contribution in [0.3, 0.4) is 0 Å². The Morgan fingerprint density at radius 3 is 2.57 bits per heavy atom. The SMILES string of the molecule is O=C(OC/C=C/c1ccccc1)c1ccc(S(=O)(=O)NCC2CCCO2)cc1. The highest BCUT2D eigenvalue weighted by atomic mass is 32.2. The van der Waals surface area contributed by atoms with E-state index in [0.717, 1.165) is 18.4 Å². The van der Waals surface area contributed by atoms with Crippen LogP contribution in [0.25, 0.3) is 6.08 Å². The van der Waals surface area contributed by atoms with Crippen molar-refractivity contribution in [3.8, 4) is 0 Å². The summed E-state index contributed by atoms with van der Waals surface area (Å²) in [6, 6.07) is 15.4. The lowest BCUT2D eigenvalue weighted by Crippen LogP contribution is -2.31. The van der Waals surface area contributed by atoms with Gasteiger partial charge in [-0.15, -0.1) is 0 Å². The van der Waals surface area contributed by atoms with E-state index in [1.165, 1.54) is 24.3 Å². The van der Waals surface area contributed by atoms with E-state index in [4.69, 9.17) is 9.47 Å². The molecule has 1 aliphatic rings. The molecule has 0 saturated carbocycles. The minimum atomic E-state index is -3.64. The fourth-order valence-electron chi connectivity index (χ4n) is 2.82. The Labute approximate surface area is 165 Å². The van der Waals surface area contributed by atoms with E-state index in [0.29, 0.717) is 12.2 Å². The van der Waals surface area contributed by atoms with E-state index in [2.05, 4.69) is 4.72 Å². The zero-order valence-corrected chi connectivity index (χ0v) is 16.2. The van der Waals surface area contributed by atoms with Crippen LogP contribution in [0.5, 0.6) is 0 Å². The molecule has 6 nitrogen and oxygen atoms in total. The third-order valence-electron chi connectivity index (χ3n) is 4.35. The second-order valence-corrected chi connectivity index (χ2v) is 8.19. The topological polar surface area (TPSA) is 81.7 Å². The number of rotatable bonds is 8. The average Bonchev–Trinajstić information content (AvgIpc) is 3.24. The molecule has 2 aromatic carbocycles. The molecule has 1 N–H and O–H groups in total. The van der Waals surface area contributed by atoms with Gasteiger partial charge in [-0.3, -0.25) is 0 Å². The summed E-state index contributed by atoms with van der Waals surface area (Å²) in [5.41, 5.74) is 1.31. The van der Waals surface area contributed by atoms with Crippen molar-refractivity contribution in [3.63, 3.8) is 0 Å². The molecule has 148 valence electrons. The summed E-state index contributed by atoms with van der Waals surface area (Å²) in [5, 5.41) is 0. The van der Waals surface area contributed by atoms with Gasteiger partial charge in [-0.1, -0.05) is 36.4 Å². The normalized spacial score (nSPS) is 17.1. The Morgan fingerprint density at radius 1 is 1.14 bits per heavy atom. The number of sulfonamides is 1. The molecule has 0 radical (unpaired) electrons. The van der Waals surface area contributed by atoms with Crippen molar-refractivity contribution in [1.29, 1.82) is 0 Å². The number of carbonyl (C=O) groups excluding carboxylic acids is 1. The zero-order valence-electron chi connectivity index (χ0n) is 15.4. The molecule has 1 atom stereocenters. The second kappa shape index (κ2) is 9.64. The predicted molar refractivity (Wildman–Crippen MR) is 106 cm³/mol. The van der Waals surface area contributed by atoms with E-state index in [-0.39, 0.29) is 24.2 Å². The molecule has 0 amide bonds. The largest absolute Gasteiger partial charge is 0.458 e. The Hall–Kier alpha value is -2.48. The maximum Gasteiger partial charge on any atom is 0.338 e. The number of nitrogens with one attached hydrogen (secondary N) is 1. The first-order chi connectivity index (χ1) is 13.5. The fourth-order valence-corrected chi connectivity index (χ4v) is 3.88. The van der Waals surface area contributed by atoms with Crippen LogP contribution in [0.4, 0.5) is 0 Å². The summed E-state index contributed by atoms with van der Waals surface area (Å²) in [6.45, 7) is 1.06. The van der Waals surface area contributed by atoms with Gasteiger partial charge in [0.1, 0.15) is 6.61 Å². The summed E-state index contributed by atoms with van der Waals surface area (Å²) >= 11 is 0. The van der Waals surface area contributed by atoms with E-state index in [1.807, 2.05) is 36.4 Å². The second-order valence-electron chi connectivity index (χ2n) is 6.42. The first-order valence-electron chi connectivity index (χ1n) is 9.15. The van der Waals surface area contributed by atoms with Gasteiger partial charge in [-0.05, 0) is 48.7 Å². The van der Waals surface area contributed by atoms with Crippen molar-refractivity contribution in [2.24, 2.45) is 0 Å². The maximum atomic E-state index is 12.3. The van der Waals surface area contributed by atoms with Crippen molar-refractivity contribution in [2.75, 3.05) is 19.8 Å². The number of benzene rings is 2. The molecule has 1 saturated heterocycles. The predicted octanol–water partition coefficient (Wildman–Crippen LogP) is 3.01. The van der Waals surface area contributed by atoms with E-state index < -0.39 is 16.0 Å². The fraction of sp³-hybridized carbons (Fsp3) is 0.286. The van der Waals surface area contributed by atoms with Gasteiger partial charge in [0, 0.05) is 13.2 Å². The standard InChI is InChI=1S/C21H23NO5S/c23-21(27-15-4-8-17-6-2-1-3-7-17)18-10-12-20(13-11-18)28(24,25)22-16-19-9-5-14-26-19/h1-4,6-8,10-13,19,22H,5,9,14-16H2/b8-4+. The minimum Gasteiger partial charge on any atom is -0.458 e. The lowest BCUT2D eigenvalue weighted by molar-refractivity contribution is 0.0550. The van der Waals surface area contributed by atoms with Crippen LogP contribution >= 0.6 is 0 Å². The van der Waals surface area contributed by atoms with Crippen LogP contribution in [-0.4, -0.2) is 40.2 Å². The van der Waals surface area contributed by atoms with Crippen molar-refractivity contribution in [1.82, 2.24) is 4.72 Å². The molecule has 0 bridgehead atoms. The Kier molecular flexibility index (Phi) is 6.97. The average molecular weight is 401 g/mol. The van der Waals surface area contributed by atoms with Crippen LogP contribution in [0, 0.1) is 0 Å². The molecule has 1 aliphatic heterocycles. The van der Waals surface area contributed by atoms with Crippen LogP contribution < -0.4 is 4.72 Å².